The summed E-state index contributed by atoms with van der Waals surface area (Å²) in [5.41, 5.74) is 11.7. The summed E-state index contributed by atoms with van der Waals surface area (Å²) in [6.07, 6.45) is 6.37. The molecule has 0 spiro atoms. The van der Waals surface area contributed by atoms with Crippen molar-refractivity contribution in [3.8, 4) is 22.3 Å². The Morgan fingerprint density at radius 3 is 2.25 bits per heavy atom. The third-order valence-corrected chi connectivity index (χ3v) is 12.7. The Bertz CT molecular complexity index is 3380. The number of benzene rings is 8. The summed E-state index contributed by atoms with van der Waals surface area (Å²) < 4.78 is 16.3. The number of rotatable bonds is 5. The number of fused-ring (bicyclic) bond motifs is 10. The van der Waals surface area contributed by atoms with Gasteiger partial charge in [-0.2, -0.15) is 0 Å². The highest BCUT2D eigenvalue weighted by Crippen LogP contribution is 2.49. The van der Waals surface area contributed by atoms with Crippen LogP contribution in [0.3, 0.4) is 0 Å². The Balaban J connectivity index is 1.14. The highest BCUT2D eigenvalue weighted by Gasteiger charge is 2.26. The van der Waals surface area contributed by atoms with E-state index in [4.69, 9.17) is 8.83 Å². The average molecular weight is 736 g/mol. The van der Waals surface area contributed by atoms with Gasteiger partial charge in [-0.25, -0.2) is 0 Å². The summed E-state index contributed by atoms with van der Waals surface area (Å²) in [4.78, 5) is 2.42. The first kappa shape index (κ1) is 31.5. The predicted octanol–water partition coefficient (Wildman–Crippen LogP) is 15.6. The highest BCUT2D eigenvalue weighted by molar-refractivity contribution is 7.26. The molecule has 0 fully saturated rings. The SMILES string of the molecule is C1=Cc2c(oc3cc4c(oc5ccc(N(c6cccc(-c7ccccc7)c6)c6cccc7c6sc6ccccc67)cc54)c(-c4cccc5ccccc45)c23)CC1. The van der Waals surface area contributed by atoms with Gasteiger partial charge in [-0.1, -0.05) is 127 Å². The second-order valence-corrected chi connectivity index (χ2v) is 15.7. The molecule has 4 heteroatoms. The molecule has 264 valence electrons. The number of hydrogen-bond acceptors (Lipinski definition) is 4. The molecule has 3 aromatic heterocycles. The van der Waals surface area contributed by atoms with Gasteiger partial charge in [0.15, 0.2) is 0 Å². The molecule has 1 aliphatic carbocycles. The van der Waals surface area contributed by atoms with Crippen molar-refractivity contribution in [2.45, 2.75) is 12.8 Å². The van der Waals surface area contributed by atoms with E-state index in [1.54, 1.807) is 0 Å². The maximum Gasteiger partial charge on any atom is 0.144 e. The molecule has 56 heavy (non-hydrogen) atoms. The maximum absolute atomic E-state index is 7.01. The molecule has 0 amide bonds. The second-order valence-electron chi connectivity index (χ2n) is 14.7. The van der Waals surface area contributed by atoms with E-state index < -0.39 is 0 Å². The number of aryl methyl sites for hydroxylation is 1. The van der Waals surface area contributed by atoms with E-state index in [-0.39, 0.29) is 0 Å². The van der Waals surface area contributed by atoms with Crippen molar-refractivity contribution in [3.63, 3.8) is 0 Å². The van der Waals surface area contributed by atoms with Crippen molar-refractivity contribution in [2.24, 2.45) is 0 Å². The standard InChI is InChI=1S/C52H33NO2S/c1-2-13-32(14-3-1)34-17-10-18-35(29-34)53(44-24-12-23-40-38-20-7-9-26-48(38)56-52(40)44)36-27-28-46-42(30-36)43-31-47-49(41-21-6-8-25-45(41)54-47)50(51(43)55-46)39-22-11-16-33-15-4-5-19-37(33)39/h1-7,9-24,26-31H,8,25H2. The van der Waals surface area contributed by atoms with Crippen LogP contribution in [0.25, 0.3) is 92.2 Å². The van der Waals surface area contributed by atoms with Crippen molar-refractivity contribution in [2.75, 3.05) is 4.90 Å². The number of nitrogens with zero attached hydrogens (tertiary/aromatic N) is 1. The van der Waals surface area contributed by atoms with Gasteiger partial charge in [0.1, 0.15) is 22.5 Å². The Labute approximate surface area is 327 Å². The summed E-state index contributed by atoms with van der Waals surface area (Å²) in [6.45, 7) is 0. The summed E-state index contributed by atoms with van der Waals surface area (Å²) in [5, 5.41) is 8.16. The van der Waals surface area contributed by atoms with Crippen LogP contribution in [-0.4, -0.2) is 0 Å². The zero-order chi connectivity index (χ0) is 36.7. The second kappa shape index (κ2) is 12.3. The largest absolute Gasteiger partial charge is 0.460 e. The van der Waals surface area contributed by atoms with Crippen LogP contribution in [0.5, 0.6) is 0 Å². The van der Waals surface area contributed by atoms with Crippen LogP contribution in [0, 0.1) is 0 Å². The molecule has 0 unspecified atom stereocenters. The summed E-state index contributed by atoms with van der Waals surface area (Å²) >= 11 is 1.85. The topological polar surface area (TPSA) is 29.5 Å². The van der Waals surface area contributed by atoms with Gasteiger partial charge in [-0.3, -0.25) is 0 Å². The van der Waals surface area contributed by atoms with Crippen LogP contribution in [0.15, 0.2) is 179 Å². The van der Waals surface area contributed by atoms with Crippen molar-refractivity contribution < 1.29 is 8.83 Å². The molecule has 0 saturated carbocycles. The Morgan fingerprint density at radius 2 is 1.30 bits per heavy atom. The van der Waals surface area contributed by atoms with Crippen LogP contribution in [0.1, 0.15) is 17.7 Å². The van der Waals surface area contributed by atoms with Gasteiger partial charge in [0.05, 0.1) is 10.4 Å². The van der Waals surface area contributed by atoms with Gasteiger partial charge >= 0.3 is 0 Å². The van der Waals surface area contributed by atoms with Gasteiger partial charge in [-0.15, -0.1) is 11.3 Å². The number of allylic oxidation sites excluding steroid dienone is 1. The average Bonchev–Trinajstić information content (AvgIpc) is 3.95. The highest BCUT2D eigenvalue weighted by atomic mass is 32.1. The first-order chi connectivity index (χ1) is 27.8. The molecular weight excluding hydrogens is 703 g/mol. The van der Waals surface area contributed by atoms with Crippen LogP contribution in [0.4, 0.5) is 17.1 Å². The molecule has 1 aliphatic rings. The minimum atomic E-state index is 0.848. The molecule has 12 rings (SSSR count). The van der Waals surface area contributed by atoms with E-state index in [0.29, 0.717) is 0 Å². The molecule has 0 saturated heterocycles. The third kappa shape index (κ3) is 4.76. The fourth-order valence-electron chi connectivity index (χ4n) is 8.96. The lowest BCUT2D eigenvalue weighted by atomic mass is 9.91. The molecule has 0 N–H and O–H groups in total. The minimum Gasteiger partial charge on any atom is -0.460 e. The lowest BCUT2D eigenvalue weighted by Gasteiger charge is -2.26. The first-order valence-electron chi connectivity index (χ1n) is 19.2. The van der Waals surface area contributed by atoms with Crippen LogP contribution in [0.2, 0.25) is 0 Å². The molecule has 0 atom stereocenters. The lowest BCUT2D eigenvalue weighted by Crippen LogP contribution is -2.10. The molecule has 8 aromatic carbocycles. The normalized spacial score (nSPS) is 12.8. The Hall–Kier alpha value is -6.88. The number of furan rings is 2. The molecule has 0 radical (unpaired) electrons. The van der Waals surface area contributed by atoms with E-state index in [1.807, 2.05) is 11.3 Å². The van der Waals surface area contributed by atoms with Crippen molar-refractivity contribution in [3.05, 3.63) is 181 Å². The maximum atomic E-state index is 7.01. The van der Waals surface area contributed by atoms with Crippen LogP contribution >= 0.6 is 11.3 Å². The smallest absolute Gasteiger partial charge is 0.144 e. The molecule has 11 aromatic rings. The number of thiophene rings is 1. The van der Waals surface area contributed by atoms with Crippen LogP contribution in [-0.2, 0) is 6.42 Å². The van der Waals surface area contributed by atoms with Gasteiger partial charge in [0.2, 0.25) is 0 Å². The fourth-order valence-corrected chi connectivity index (χ4v) is 10.2. The number of anilines is 3. The van der Waals surface area contributed by atoms with Gasteiger partial charge in [0, 0.05) is 60.6 Å². The Morgan fingerprint density at radius 1 is 0.536 bits per heavy atom. The van der Waals surface area contributed by atoms with Gasteiger partial charge in [-0.05, 0) is 82.4 Å². The van der Waals surface area contributed by atoms with Gasteiger partial charge in [0.25, 0.3) is 0 Å². The third-order valence-electron chi connectivity index (χ3n) is 11.5. The van der Waals surface area contributed by atoms with Gasteiger partial charge < -0.3 is 13.7 Å². The monoisotopic (exact) mass is 735 g/mol. The van der Waals surface area contributed by atoms with E-state index >= 15 is 0 Å². The number of hydrogen-bond donors (Lipinski definition) is 0. The van der Waals surface area contributed by atoms with Crippen molar-refractivity contribution in [1.29, 1.82) is 0 Å². The lowest BCUT2D eigenvalue weighted by molar-refractivity contribution is 0.546. The van der Waals surface area contributed by atoms with E-state index in [9.17, 15) is 0 Å². The summed E-state index contributed by atoms with van der Waals surface area (Å²) in [7, 11) is 0. The van der Waals surface area contributed by atoms with Crippen molar-refractivity contribution >= 4 is 98.3 Å². The summed E-state index contributed by atoms with van der Waals surface area (Å²) in [5.74, 6) is 1.04. The molecular formula is C52H33NO2S. The zero-order valence-electron chi connectivity index (χ0n) is 30.3. The van der Waals surface area contributed by atoms with Crippen molar-refractivity contribution in [1.82, 2.24) is 0 Å². The predicted molar refractivity (Wildman–Crippen MR) is 237 cm³/mol. The quantitative estimate of drug-likeness (QED) is 0.176. The molecule has 0 aliphatic heterocycles. The first-order valence-corrected chi connectivity index (χ1v) is 20.0. The van der Waals surface area contributed by atoms with E-state index in [0.717, 1.165) is 85.3 Å². The summed E-state index contributed by atoms with van der Waals surface area (Å²) in [6, 6.07) is 59.0. The van der Waals surface area contributed by atoms with E-state index in [1.165, 1.54) is 42.1 Å². The molecule has 0 bridgehead atoms. The molecule has 3 heterocycles. The zero-order valence-corrected chi connectivity index (χ0v) is 31.1. The van der Waals surface area contributed by atoms with Crippen LogP contribution < -0.4 is 4.90 Å². The van der Waals surface area contributed by atoms with E-state index in [2.05, 4.69) is 181 Å². The minimum absolute atomic E-state index is 0.848. The fraction of sp³-hybridized carbons (Fsp3) is 0.0385. The Kier molecular flexibility index (Phi) is 6.92. The molecule has 3 nitrogen and oxygen atoms in total.